The molecular weight excluding hydrogens is 322 g/mol. The van der Waals surface area contributed by atoms with Gasteiger partial charge in [-0.05, 0) is 19.1 Å². The van der Waals surface area contributed by atoms with E-state index in [0.29, 0.717) is 12.1 Å². The van der Waals surface area contributed by atoms with E-state index in [1.165, 1.54) is 0 Å². The van der Waals surface area contributed by atoms with Crippen LogP contribution in [0.1, 0.15) is 13.8 Å². The lowest BCUT2D eigenvalue weighted by atomic mass is 10.3. The molecule has 9 heteroatoms. The summed E-state index contributed by atoms with van der Waals surface area (Å²) in [5.41, 5.74) is 1.43. The van der Waals surface area contributed by atoms with Gasteiger partial charge >= 0.3 is 9.24 Å². The highest BCUT2D eigenvalue weighted by Gasteiger charge is 2.22. The van der Waals surface area contributed by atoms with Gasteiger partial charge in [0.05, 0.1) is 11.0 Å². The van der Waals surface area contributed by atoms with Gasteiger partial charge in [-0.2, -0.15) is 8.42 Å². The van der Waals surface area contributed by atoms with Gasteiger partial charge in [0.2, 0.25) is 5.16 Å². The molecule has 0 spiro atoms. The van der Waals surface area contributed by atoms with Crippen molar-refractivity contribution < 1.29 is 12.6 Å². The molecule has 6 nitrogen and oxygen atoms in total. The van der Waals surface area contributed by atoms with Crippen LogP contribution >= 0.6 is 10.7 Å². The lowest BCUT2D eigenvalue weighted by Crippen LogP contribution is -2.13. The zero-order valence-corrected chi connectivity index (χ0v) is 13.4. The Labute approximate surface area is 122 Å². The van der Waals surface area contributed by atoms with Crippen LogP contribution in [0.5, 0.6) is 0 Å². The van der Waals surface area contributed by atoms with Gasteiger partial charge < -0.3 is 4.57 Å². The molecule has 1 atom stereocenters. The lowest BCUT2D eigenvalue weighted by molar-refractivity contribution is 0.610. The minimum absolute atomic E-state index is 0.0161. The van der Waals surface area contributed by atoms with Gasteiger partial charge in [0, 0.05) is 23.0 Å². The number of para-hydroxylation sites is 2. The van der Waals surface area contributed by atoms with Crippen molar-refractivity contribution in [2.75, 3.05) is 5.75 Å². The first kappa shape index (κ1) is 15.3. The van der Waals surface area contributed by atoms with Crippen LogP contribution in [0.2, 0.25) is 0 Å². The van der Waals surface area contributed by atoms with E-state index in [4.69, 9.17) is 10.7 Å². The fourth-order valence-electron chi connectivity index (χ4n) is 1.96. The Kier molecular flexibility index (Phi) is 4.08. The van der Waals surface area contributed by atoms with E-state index in [2.05, 4.69) is 8.75 Å². The Morgan fingerprint density at radius 1 is 1.25 bits per heavy atom. The topological polar surface area (TPSA) is 81.4 Å². The summed E-state index contributed by atoms with van der Waals surface area (Å²) in [6.07, 6.45) is 0. The Bertz CT molecular complexity index is 864. The largest absolute Gasteiger partial charge is 0.347 e. The van der Waals surface area contributed by atoms with Gasteiger partial charge in [0.25, 0.3) is 0 Å². The van der Waals surface area contributed by atoms with E-state index in [0.717, 1.165) is 5.52 Å². The SMILES string of the molecule is CCn1c([S@@](=O)(CC)=NS(=O)(=O)Cl)nc2ccccc21. The number of hydrogen-bond acceptors (Lipinski definition) is 4. The number of benzene rings is 1. The van der Waals surface area contributed by atoms with Crippen molar-refractivity contribution in [3.8, 4) is 0 Å². The van der Waals surface area contributed by atoms with Crippen molar-refractivity contribution in [1.82, 2.24) is 9.55 Å². The second kappa shape index (κ2) is 5.34. The summed E-state index contributed by atoms with van der Waals surface area (Å²) in [6.45, 7) is 3.96. The molecule has 0 N–H and O–H groups in total. The third-order valence-corrected chi connectivity index (χ3v) is 6.67. The van der Waals surface area contributed by atoms with Crippen molar-refractivity contribution in [3.63, 3.8) is 0 Å². The van der Waals surface area contributed by atoms with E-state index < -0.39 is 19.0 Å². The molecule has 0 radical (unpaired) electrons. The van der Waals surface area contributed by atoms with Gasteiger partial charge in [-0.25, -0.2) is 9.19 Å². The number of nitrogens with zero attached hydrogens (tertiary/aromatic N) is 3. The van der Waals surface area contributed by atoms with E-state index in [9.17, 15) is 12.6 Å². The predicted molar refractivity (Wildman–Crippen MR) is 79.6 cm³/mol. The first-order chi connectivity index (χ1) is 9.30. The number of hydrogen-bond donors (Lipinski definition) is 0. The highest BCUT2D eigenvalue weighted by molar-refractivity contribution is 8.17. The quantitative estimate of drug-likeness (QED) is 0.803. The Morgan fingerprint density at radius 2 is 1.90 bits per heavy atom. The van der Waals surface area contributed by atoms with Gasteiger partial charge in [0.15, 0.2) is 0 Å². The van der Waals surface area contributed by atoms with Gasteiger partial charge in [0.1, 0.15) is 9.73 Å². The first-order valence-electron chi connectivity index (χ1n) is 5.96. The molecule has 1 heterocycles. The fraction of sp³-hybridized carbons (Fsp3) is 0.364. The lowest BCUT2D eigenvalue weighted by Gasteiger charge is -2.08. The van der Waals surface area contributed by atoms with E-state index in [-0.39, 0.29) is 10.9 Å². The smallest absolute Gasteiger partial charge is 0.316 e. The van der Waals surface area contributed by atoms with Gasteiger partial charge in [-0.1, -0.05) is 22.8 Å². The van der Waals surface area contributed by atoms with E-state index in [1.807, 2.05) is 25.1 Å². The maximum absolute atomic E-state index is 12.8. The van der Waals surface area contributed by atoms with Crippen LogP contribution in [-0.2, 0) is 25.5 Å². The van der Waals surface area contributed by atoms with Crippen molar-refractivity contribution >= 4 is 40.7 Å². The zero-order valence-electron chi connectivity index (χ0n) is 11.0. The first-order valence-corrected chi connectivity index (χ1v) is 9.91. The Hall–Kier alpha value is -1.12. The van der Waals surface area contributed by atoms with Crippen LogP contribution in [0.4, 0.5) is 0 Å². The normalized spacial score (nSPS) is 15.2. The summed E-state index contributed by atoms with van der Waals surface area (Å²) >= 11 is 0. The number of fused-ring (bicyclic) bond motifs is 1. The summed E-state index contributed by atoms with van der Waals surface area (Å²) in [4.78, 5) is 4.28. The molecule has 0 bridgehead atoms. The average Bonchev–Trinajstić information content (AvgIpc) is 2.75. The van der Waals surface area contributed by atoms with Gasteiger partial charge in [-0.3, -0.25) is 0 Å². The third kappa shape index (κ3) is 2.82. The number of halogens is 1. The minimum Gasteiger partial charge on any atom is -0.316 e. The highest BCUT2D eigenvalue weighted by atomic mass is 35.7. The molecule has 0 amide bonds. The molecule has 1 aromatic heterocycles. The van der Waals surface area contributed by atoms with Crippen LogP contribution in [-0.4, -0.2) is 27.9 Å². The molecule has 0 aliphatic carbocycles. The maximum Gasteiger partial charge on any atom is 0.347 e. The molecule has 0 fully saturated rings. The second-order valence-electron chi connectivity index (χ2n) is 4.04. The summed E-state index contributed by atoms with van der Waals surface area (Å²) in [5, 5.41) is 0.146. The molecule has 2 rings (SSSR count). The number of aromatic nitrogens is 2. The Balaban J connectivity index is 2.87. The van der Waals surface area contributed by atoms with Gasteiger partial charge in [-0.15, -0.1) is 0 Å². The van der Waals surface area contributed by atoms with Crippen molar-refractivity contribution in [2.45, 2.75) is 25.5 Å². The van der Waals surface area contributed by atoms with Crippen LogP contribution in [0.25, 0.3) is 11.0 Å². The molecule has 0 saturated heterocycles. The molecule has 0 unspecified atom stereocenters. The average molecular weight is 336 g/mol. The zero-order chi connectivity index (χ0) is 15.0. The van der Waals surface area contributed by atoms with Crippen LogP contribution in [0, 0.1) is 0 Å². The summed E-state index contributed by atoms with van der Waals surface area (Å²) < 4.78 is 40.2. The van der Waals surface area contributed by atoms with Crippen LogP contribution < -0.4 is 0 Å². The minimum atomic E-state index is -4.24. The molecule has 0 aliphatic rings. The predicted octanol–water partition coefficient (Wildman–Crippen LogP) is 2.39. The molecule has 2 aromatic rings. The molecule has 110 valence electrons. The Morgan fingerprint density at radius 3 is 2.45 bits per heavy atom. The standard InChI is InChI=1S/C11H14ClN3O3S2/c1-3-15-10-8-6-5-7-9(10)13-11(15)19(16,4-2)14-20(12,17)18/h5-8H,3-4H2,1-2H3/t19-/m0/s1. The fourth-order valence-corrected chi connectivity index (χ4v) is 5.69. The van der Waals surface area contributed by atoms with Crippen LogP contribution in [0.3, 0.4) is 0 Å². The molecular formula is C11H14ClN3O3S2. The monoisotopic (exact) mass is 335 g/mol. The molecule has 20 heavy (non-hydrogen) atoms. The number of aryl methyl sites for hydroxylation is 1. The van der Waals surface area contributed by atoms with Crippen molar-refractivity contribution in [2.24, 2.45) is 3.77 Å². The van der Waals surface area contributed by atoms with Crippen LogP contribution in [0.15, 0.2) is 33.2 Å². The molecule has 0 saturated carbocycles. The summed E-state index contributed by atoms with van der Waals surface area (Å²) in [6, 6.07) is 7.25. The number of imidazole rings is 1. The van der Waals surface area contributed by atoms with E-state index in [1.54, 1.807) is 17.6 Å². The summed E-state index contributed by atoms with van der Waals surface area (Å²) in [5.74, 6) is 0.0161. The van der Waals surface area contributed by atoms with E-state index >= 15 is 0 Å². The second-order valence-corrected chi connectivity index (χ2v) is 8.86. The maximum atomic E-state index is 12.8. The van der Waals surface area contributed by atoms with Crippen molar-refractivity contribution in [3.05, 3.63) is 24.3 Å². The number of rotatable bonds is 4. The highest BCUT2D eigenvalue weighted by Crippen LogP contribution is 2.23. The third-order valence-electron chi connectivity index (χ3n) is 2.82. The molecule has 1 aromatic carbocycles. The molecule has 0 aliphatic heterocycles. The summed E-state index contributed by atoms with van der Waals surface area (Å²) in [7, 11) is -2.32. The van der Waals surface area contributed by atoms with Crippen molar-refractivity contribution in [1.29, 1.82) is 0 Å².